The van der Waals surface area contributed by atoms with E-state index in [4.69, 9.17) is 4.74 Å². The molecule has 0 aromatic heterocycles. The van der Waals surface area contributed by atoms with Gasteiger partial charge >= 0.3 is 5.97 Å². The van der Waals surface area contributed by atoms with Crippen molar-refractivity contribution in [2.24, 2.45) is 0 Å². The third-order valence-corrected chi connectivity index (χ3v) is 5.41. The van der Waals surface area contributed by atoms with Crippen LogP contribution in [0.3, 0.4) is 0 Å². The molecule has 2 nitrogen and oxygen atoms in total. The molecule has 0 saturated heterocycles. The Balaban J connectivity index is 1.85. The number of hydrogen-bond donors (Lipinski definition) is 0. The Hall–Kier alpha value is -2.61. The van der Waals surface area contributed by atoms with Gasteiger partial charge in [0.05, 0.1) is 5.56 Å². The largest absolute Gasteiger partial charge is 0.446 e. The lowest BCUT2D eigenvalue weighted by molar-refractivity contribution is 0.0116. The molecule has 0 N–H and O–H groups in total. The van der Waals surface area contributed by atoms with E-state index in [9.17, 15) is 4.79 Å². The maximum Gasteiger partial charge on any atom is 0.340 e. The Labute approximate surface area is 134 Å². The number of ether oxygens (including phenoxy) is 1. The first-order valence-corrected chi connectivity index (χ1v) is 8.05. The first-order chi connectivity index (χ1) is 11.2. The van der Waals surface area contributed by atoms with E-state index in [1.54, 1.807) is 0 Å². The van der Waals surface area contributed by atoms with Crippen molar-refractivity contribution in [1.29, 1.82) is 0 Å². The molecule has 2 heteroatoms. The number of esters is 1. The molecule has 2 aliphatic rings. The smallest absolute Gasteiger partial charge is 0.340 e. The van der Waals surface area contributed by atoms with E-state index in [2.05, 4.69) is 37.3 Å². The molecule has 23 heavy (non-hydrogen) atoms. The first kappa shape index (κ1) is 12.9. The third kappa shape index (κ3) is 1.51. The molecule has 1 aliphatic carbocycles. The van der Waals surface area contributed by atoms with E-state index in [1.165, 1.54) is 16.7 Å². The standard InChI is InChI=1S/C21H16O2/c1-13-5-4-8-17-15(13)11-12-21(17)18-10-9-14-6-2-3-7-16(14)19(18)20(22)23-21/h2-10H,11-12H2,1H3/t21-/m0/s1. The van der Waals surface area contributed by atoms with Gasteiger partial charge in [-0.2, -0.15) is 0 Å². The lowest BCUT2D eigenvalue weighted by Gasteiger charge is -2.25. The lowest BCUT2D eigenvalue weighted by Crippen LogP contribution is -2.24. The Morgan fingerprint density at radius 3 is 2.74 bits per heavy atom. The van der Waals surface area contributed by atoms with Crippen LogP contribution in [0.15, 0.2) is 54.6 Å². The van der Waals surface area contributed by atoms with Crippen molar-refractivity contribution < 1.29 is 9.53 Å². The van der Waals surface area contributed by atoms with E-state index in [0.29, 0.717) is 0 Å². The second-order valence-electron chi connectivity index (χ2n) is 6.53. The highest BCUT2D eigenvalue weighted by molar-refractivity contribution is 6.08. The minimum Gasteiger partial charge on any atom is -0.446 e. The van der Waals surface area contributed by atoms with E-state index < -0.39 is 5.60 Å². The molecule has 5 rings (SSSR count). The van der Waals surface area contributed by atoms with Crippen LogP contribution < -0.4 is 0 Å². The summed E-state index contributed by atoms with van der Waals surface area (Å²) in [6.07, 6.45) is 1.80. The Morgan fingerprint density at radius 2 is 1.83 bits per heavy atom. The van der Waals surface area contributed by atoms with Gasteiger partial charge in [-0.05, 0) is 41.7 Å². The normalized spacial score (nSPS) is 21.5. The summed E-state index contributed by atoms with van der Waals surface area (Å²) in [5.41, 5.74) is 4.98. The summed E-state index contributed by atoms with van der Waals surface area (Å²) in [4.78, 5) is 12.7. The molecule has 1 heterocycles. The van der Waals surface area contributed by atoms with Gasteiger partial charge < -0.3 is 4.74 Å². The molecular weight excluding hydrogens is 284 g/mol. The molecule has 3 aromatic carbocycles. The minimum atomic E-state index is -0.586. The van der Waals surface area contributed by atoms with Gasteiger partial charge in [0, 0.05) is 11.1 Å². The highest BCUT2D eigenvalue weighted by atomic mass is 16.6. The molecule has 1 aliphatic heterocycles. The van der Waals surface area contributed by atoms with E-state index >= 15 is 0 Å². The second-order valence-corrected chi connectivity index (χ2v) is 6.53. The zero-order chi connectivity index (χ0) is 15.6. The van der Waals surface area contributed by atoms with Crippen LogP contribution in [0.2, 0.25) is 0 Å². The number of benzene rings is 3. The van der Waals surface area contributed by atoms with Crippen LogP contribution in [0.1, 0.15) is 39.0 Å². The number of fused-ring (bicyclic) bond motifs is 6. The van der Waals surface area contributed by atoms with Gasteiger partial charge in [0.1, 0.15) is 0 Å². The summed E-state index contributed by atoms with van der Waals surface area (Å²) in [7, 11) is 0. The Kier molecular flexibility index (Phi) is 2.37. The van der Waals surface area contributed by atoms with Crippen LogP contribution in [0.25, 0.3) is 10.8 Å². The fraction of sp³-hybridized carbons (Fsp3) is 0.190. The summed E-state index contributed by atoms with van der Waals surface area (Å²) < 4.78 is 6.03. The molecule has 0 radical (unpaired) electrons. The van der Waals surface area contributed by atoms with E-state index in [1.807, 2.05) is 24.3 Å². The fourth-order valence-corrected chi connectivity index (χ4v) is 4.33. The molecule has 1 atom stereocenters. The number of rotatable bonds is 0. The molecular formula is C21H16O2. The molecule has 3 aromatic rings. The fourth-order valence-electron chi connectivity index (χ4n) is 4.33. The van der Waals surface area contributed by atoms with Gasteiger partial charge in [-0.25, -0.2) is 4.79 Å². The molecule has 1 spiro atoms. The van der Waals surface area contributed by atoms with Crippen molar-refractivity contribution in [2.75, 3.05) is 0 Å². The van der Waals surface area contributed by atoms with Crippen LogP contribution >= 0.6 is 0 Å². The van der Waals surface area contributed by atoms with Gasteiger partial charge in [-0.1, -0.05) is 54.6 Å². The second kappa shape index (κ2) is 4.23. The third-order valence-electron chi connectivity index (χ3n) is 5.41. The van der Waals surface area contributed by atoms with Crippen molar-refractivity contribution >= 4 is 16.7 Å². The summed E-state index contributed by atoms with van der Waals surface area (Å²) >= 11 is 0. The predicted octanol–water partition coefficient (Wildman–Crippen LogP) is 4.51. The van der Waals surface area contributed by atoms with Gasteiger partial charge in [0.2, 0.25) is 0 Å². The van der Waals surface area contributed by atoms with Gasteiger partial charge in [-0.3, -0.25) is 0 Å². The van der Waals surface area contributed by atoms with E-state index in [0.717, 1.165) is 34.7 Å². The van der Waals surface area contributed by atoms with Crippen molar-refractivity contribution in [1.82, 2.24) is 0 Å². The lowest BCUT2D eigenvalue weighted by atomic mass is 9.85. The van der Waals surface area contributed by atoms with Crippen LogP contribution in [0.4, 0.5) is 0 Å². The van der Waals surface area contributed by atoms with Crippen molar-refractivity contribution in [3.63, 3.8) is 0 Å². The topological polar surface area (TPSA) is 26.3 Å². The molecule has 0 bridgehead atoms. The van der Waals surface area contributed by atoms with Crippen molar-refractivity contribution in [3.05, 3.63) is 82.4 Å². The van der Waals surface area contributed by atoms with Gasteiger partial charge in [0.25, 0.3) is 0 Å². The highest BCUT2D eigenvalue weighted by Crippen LogP contribution is 2.52. The van der Waals surface area contributed by atoms with Gasteiger partial charge in [0.15, 0.2) is 5.60 Å². The van der Waals surface area contributed by atoms with Crippen LogP contribution in [0.5, 0.6) is 0 Å². The average molecular weight is 300 g/mol. The zero-order valence-corrected chi connectivity index (χ0v) is 12.9. The van der Waals surface area contributed by atoms with Gasteiger partial charge in [-0.15, -0.1) is 0 Å². The quantitative estimate of drug-likeness (QED) is 0.571. The van der Waals surface area contributed by atoms with Crippen LogP contribution in [-0.2, 0) is 16.8 Å². The predicted molar refractivity (Wildman–Crippen MR) is 89.6 cm³/mol. The Morgan fingerprint density at radius 1 is 0.957 bits per heavy atom. The summed E-state index contributed by atoms with van der Waals surface area (Å²) in [5.74, 6) is -0.189. The SMILES string of the molecule is Cc1cccc2c1CC[C@]21OC(=O)c2c1ccc1ccccc21. The number of carbonyl (C=O) groups excluding carboxylic acids is 1. The molecule has 112 valence electrons. The summed E-state index contributed by atoms with van der Waals surface area (Å²) in [6, 6.07) is 18.5. The van der Waals surface area contributed by atoms with E-state index in [-0.39, 0.29) is 5.97 Å². The molecule has 0 amide bonds. The number of hydrogen-bond acceptors (Lipinski definition) is 2. The number of carbonyl (C=O) groups is 1. The Bertz CT molecular complexity index is 986. The number of aryl methyl sites for hydroxylation is 1. The first-order valence-electron chi connectivity index (χ1n) is 8.05. The van der Waals surface area contributed by atoms with Crippen molar-refractivity contribution in [3.8, 4) is 0 Å². The summed E-state index contributed by atoms with van der Waals surface area (Å²) in [6.45, 7) is 2.13. The monoisotopic (exact) mass is 300 g/mol. The average Bonchev–Trinajstić information content (AvgIpc) is 3.08. The molecule has 0 fully saturated rings. The maximum absolute atomic E-state index is 12.7. The molecule has 0 unspecified atom stereocenters. The summed E-state index contributed by atoms with van der Waals surface area (Å²) in [5, 5.41) is 2.08. The van der Waals surface area contributed by atoms with Crippen LogP contribution in [-0.4, -0.2) is 5.97 Å². The zero-order valence-electron chi connectivity index (χ0n) is 12.9. The maximum atomic E-state index is 12.7. The van der Waals surface area contributed by atoms with Crippen LogP contribution in [0, 0.1) is 6.92 Å². The highest BCUT2D eigenvalue weighted by Gasteiger charge is 2.51. The van der Waals surface area contributed by atoms with Crippen molar-refractivity contribution in [2.45, 2.75) is 25.4 Å². The molecule has 0 saturated carbocycles. The minimum absolute atomic E-state index is 0.189.